The van der Waals surface area contributed by atoms with Crippen LogP contribution in [0, 0.1) is 0 Å². The molecule has 0 aromatic rings. The SMILES string of the molecule is CCCC(=O)N(C=O)CCCCOC(=O)/C=C/C(=O)OC. The first kappa shape index (κ1) is 18.8. The van der Waals surface area contributed by atoms with E-state index >= 15 is 0 Å². The number of methoxy groups -OCH3 is 1. The van der Waals surface area contributed by atoms with Gasteiger partial charge in [0.15, 0.2) is 0 Å². The molecule has 0 heterocycles. The second-order valence-corrected chi connectivity index (χ2v) is 4.17. The van der Waals surface area contributed by atoms with Gasteiger partial charge < -0.3 is 9.47 Å². The number of imide groups is 1. The molecule has 0 saturated heterocycles. The molecule has 0 unspecified atom stereocenters. The van der Waals surface area contributed by atoms with E-state index in [-0.39, 0.29) is 12.5 Å². The van der Waals surface area contributed by atoms with Crippen molar-refractivity contribution in [3.05, 3.63) is 12.2 Å². The van der Waals surface area contributed by atoms with Gasteiger partial charge in [0.1, 0.15) is 0 Å². The van der Waals surface area contributed by atoms with Crippen LogP contribution in [-0.4, -0.2) is 49.4 Å². The van der Waals surface area contributed by atoms with Gasteiger partial charge in [0.05, 0.1) is 13.7 Å². The number of unbranched alkanes of at least 4 members (excludes halogenated alkanes) is 1. The minimum absolute atomic E-state index is 0.152. The van der Waals surface area contributed by atoms with Crippen LogP contribution >= 0.6 is 0 Å². The Balaban J connectivity index is 3.82. The lowest BCUT2D eigenvalue weighted by Crippen LogP contribution is -2.30. The highest BCUT2D eigenvalue weighted by atomic mass is 16.5. The van der Waals surface area contributed by atoms with Gasteiger partial charge in [-0.05, 0) is 19.3 Å². The van der Waals surface area contributed by atoms with Crippen molar-refractivity contribution in [2.24, 2.45) is 0 Å². The first-order chi connectivity index (χ1) is 10.0. The molecule has 2 amide bonds. The maximum atomic E-state index is 11.5. The van der Waals surface area contributed by atoms with Gasteiger partial charge in [-0.15, -0.1) is 0 Å². The highest BCUT2D eigenvalue weighted by Crippen LogP contribution is 1.99. The van der Waals surface area contributed by atoms with Gasteiger partial charge in [-0.1, -0.05) is 6.92 Å². The first-order valence-corrected chi connectivity index (χ1v) is 6.72. The maximum Gasteiger partial charge on any atom is 0.331 e. The Kier molecular flexibility index (Phi) is 10.4. The quantitative estimate of drug-likeness (QED) is 0.257. The third-order valence-electron chi connectivity index (χ3n) is 2.51. The van der Waals surface area contributed by atoms with Crippen LogP contribution < -0.4 is 0 Å². The normalized spacial score (nSPS) is 10.2. The molecule has 0 fully saturated rings. The Bertz CT molecular complexity index is 391. The summed E-state index contributed by atoms with van der Waals surface area (Å²) >= 11 is 0. The molecule has 118 valence electrons. The fraction of sp³-hybridized carbons (Fsp3) is 0.571. The van der Waals surface area contributed by atoms with Crippen molar-refractivity contribution in [2.45, 2.75) is 32.6 Å². The fourth-order valence-corrected chi connectivity index (χ4v) is 1.40. The van der Waals surface area contributed by atoms with Crippen molar-refractivity contribution in [3.63, 3.8) is 0 Å². The third-order valence-corrected chi connectivity index (χ3v) is 2.51. The van der Waals surface area contributed by atoms with Crippen LogP contribution in [0.25, 0.3) is 0 Å². The van der Waals surface area contributed by atoms with Crippen LogP contribution in [0.5, 0.6) is 0 Å². The van der Waals surface area contributed by atoms with Crippen molar-refractivity contribution in [3.8, 4) is 0 Å². The van der Waals surface area contributed by atoms with E-state index < -0.39 is 11.9 Å². The second kappa shape index (κ2) is 11.6. The number of rotatable bonds is 10. The molecule has 7 heteroatoms. The largest absolute Gasteiger partial charge is 0.466 e. The number of esters is 2. The Hall–Kier alpha value is -2.18. The minimum Gasteiger partial charge on any atom is -0.466 e. The molecular formula is C14H21NO6. The predicted octanol–water partition coefficient (Wildman–Crippen LogP) is 0.824. The van der Waals surface area contributed by atoms with E-state index in [4.69, 9.17) is 4.74 Å². The number of amides is 2. The van der Waals surface area contributed by atoms with E-state index in [1.54, 1.807) is 0 Å². The summed E-state index contributed by atoms with van der Waals surface area (Å²) in [7, 11) is 1.20. The summed E-state index contributed by atoms with van der Waals surface area (Å²) in [6, 6.07) is 0. The summed E-state index contributed by atoms with van der Waals surface area (Å²) in [4.78, 5) is 45.2. The lowest BCUT2D eigenvalue weighted by molar-refractivity contribution is -0.140. The summed E-state index contributed by atoms with van der Waals surface area (Å²) in [6.07, 6.45) is 4.56. The topological polar surface area (TPSA) is 90.0 Å². The third kappa shape index (κ3) is 9.37. The van der Waals surface area contributed by atoms with Crippen LogP contribution in [0.4, 0.5) is 0 Å². The van der Waals surface area contributed by atoms with Gasteiger partial charge in [-0.2, -0.15) is 0 Å². The van der Waals surface area contributed by atoms with Gasteiger partial charge in [0.2, 0.25) is 12.3 Å². The standard InChI is InChI=1S/C14H21NO6/c1-3-6-12(17)15(11-16)9-4-5-10-21-14(19)8-7-13(18)20-2/h7-8,11H,3-6,9-10H2,1-2H3/b8-7+. The van der Waals surface area contributed by atoms with E-state index in [0.717, 1.165) is 17.1 Å². The lowest BCUT2D eigenvalue weighted by atomic mass is 10.2. The number of carbonyl (C=O) groups is 4. The van der Waals surface area contributed by atoms with E-state index in [2.05, 4.69) is 4.74 Å². The van der Waals surface area contributed by atoms with Crippen LogP contribution in [0.2, 0.25) is 0 Å². The minimum atomic E-state index is -0.644. The number of hydrogen-bond donors (Lipinski definition) is 0. The Labute approximate surface area is 123 Å². The molecule has 0 aliphatic rings. The zero-order chi connectivity index (χ0) is 16.1. The van der Waals surface area contributed by atoms with E-state index in [0.29, 0.717) is 38.6 Å². The summed E-state index contributed by atoms with van der Waals surface area (Å²) in [6.45, 7) is 2.32. The van der Waals surface area contributed by atoms with Gasteiger partial charge in [-0.3, -0.25) is 14.5 Å². The summed E-state index contributed by atoms with van der Waals surface area (Å²) < 4.78 is 9.16. The van der Waals surface area contributed by atoms with Crippen LogP contribution in [0.15, 0.2) is 12.2 Å². The molecule has 0 atom stereocenters. The summed E-state index contributed by atoms with van der Waals surface area (Å²) in [5.74, 6) is -1.48. The van der Waals surface area contributed by atoms with Crippen molar-refractivity contribution in [1.29, 1.82) is 0 Å². The number of nitrogens with zero attached hydrogens (tertiary/aromatic N) is 1. The number of carbonyl (C=O) groups excluding carboxylic acids is 4. The molecule has 0 aromatic carbocycles. The molecule has 0 N–H and O–H groups in total. The molecule has 7 nitrogen and oxygen atoms in total. The van der Waals surface area contributed by atoms with Gasteiger partial charge in [-0.25, -0.2) is 9.59 Å². The maximum absolute atomic E-state index is 11.5. The predicted molar refractivity (Wildman–Crippen MR) is 74.0 cm³/mol. The van der Waals surface area contributed by atoms with Crippen LogP contribution in [0.3, 0.4) is 0 Å². The van der Waals surface area contributed by atoms with Gasteiger partial charge in [0.25, 0.3) is 0 Å². The highest BCUT2D eigenvalue weighted by Gasteiger charge is 2.10. The molecule has 0 bridgehead atoms. The lowest BCUT2D eigenvalue weighted by Gasteiger charge is -2.14. The number of hydrogen-bond acceptors (Lipinski definition) is 6. The second-order valence-electron chi connectivity index (χ2n) is 4.17. The monoisotopic (exact) mass is 299 g/mol. The average Bonchev–Trinajstić information content (AvgIpc) is 2.48. The zero-order valence-electron chi connectivity index (χ0n) is 12.4. The molecule has 0 aromatic heterocycles. The molecule has 0 radical (unpaired) electrons. The highest BCUT2D eigenvalue weighted by molar-refractivity contribution is 5.91. The van der Waals surface area contributed by atoms with Crippen molar-refractivity contribution in [1.82, 2.24) is 4.90 Å². The smallest absolute Gasteiger partial charge is 0.331 e. The molecule has 0 saturated carbocycles. The summed E-state index contributed by atoms with van der Waals surface area (Å²) in [5, 5.41) is 0. The van der Waals surface area contributed by atoms with Crippen LogP contribution in [-0.2, 0) is 28.7 Å². The zero-order valence-corrected chi connectivity index (χ0v) is 12.4. The van der Waals surface area contributed by atoms with Crippen molar-refractivity contribution in [2.75, 3.05) is 20.3 Å². The Morgan fingerprint density at radius 1 is 1.10 bits per heavy atom. The van der Waals surface area contributed by atoms with Crippen molar-refractivity contribution < 1.29 is 28.7 Å². The van der Waals surface area contributed by atoms with E-state index in [1.165, 1.54) is 7.11 Å². The van der Waals surface area contributed by atoms with E-state index in [9.17, 15) is 19.2 Å². The molecule has 0 aliphatic heterocycles. The molecule has 0 spiro atoms. The Morgan fingerprint density at radius 3 is 2.33 bits per heavy atom. The van der Waals surface area contributed by atoms with Crippen LogP contribution in [0.1, 0.15) is 32.6 Å². The fourth-order valence-electron chi connectivity index (χ4n) is 1.40. The molecule has 0 aliphatic carbocycles. The number of ether oxygens (including phenoxy) is 2. The van der Waals surface area contributed by atoms with E-state index in [1.807, 2.05) is 6.92 Å². The molecule has 0 rings (SSSR count). The van der Waals surface area contributed by atoms with Crippen molar-refractivity contribution >= 4 is 24.3 Å². The Morgan fingerprint density at radius 2 is 1.76 bits per heavy atom. The summed E-state index contributed by atoms with van der Waals surface area (Å²) in [5.41, 5.74) is 0. The average molecular weight is 299 g/mol. The first-order valence-electron chi connectivity index (χ1n) is 6.72. The van der Waals surface area contributed by atoms with Gasteiger partial charge in [0, 0.05) is 25.1 Å². The molecular weight excluding hydrogens is 278 g/mol. The van der Waals surface area contributed by atoms with Gasteiger partial charge >= 0.3 is 11.9 Å². The molecule has 21 heavy (non-hydrogen) atoms.